The van der Waals surface area contributed by atoms with Crippen molar-refractivity contribution in [2.75, 3.05) is 51.7 Å². The predicted molar refractivity (Wildman–Crippen MR) is 140 cm³/mol. The minimum Gasteiger partial charge on any atom is -0.545 e. The first-order valence-corrected chi connectivity index (χ1v) is 12.5. The van der Waals surface area contributed by atoms with E-state index in [0.29, 0.717) is 38.7 Å². The molecule has 0 aliphatic heterocycles. The molecule has 0 bridgehead atoms. The number of halogens is 2. The number of carbonyl (C=O) groups excluding carboxylic acids is 1. The Morgan fingerprint density at radius 2 is 1.22 bits per heavy atom. The van der Waals surface area contributed by atoms with Crippen molar-refractivity contribution in [2.24, 2.45) is 0 Å². The van der Waals surface area contributed by atoms with Gasteiger partial charge in [-0.2, -0.15) is 0 Å². The zero-order valence-electron chi connectivity index (χ0n) is 20.2. The number of aromatic carboxylic acids is 1. The molecule has 3 aromatic rings. The first kappa shape index (κ1) is 31.8. The van der Waals surface area contributed by atoms with Crippen LogP contribution < -0.4 is 83.6 Å². The number of carboxylic acids is 1. The fourth-order valence-corrected chi connectivity index (χ4v) is 3.77. The van der Waals surface area contributed by atoms with Gasteiger partial charge in [0.25, 0.3) is 0 Å². The summed E-state index contributed by atoms with van der Waals surface area (Å²) in [4.78, 5) is 13.9. The van der Waals surface area contributed by atoms with E-state index in [1.165, 1.54) is 0 Å². The molecule has 0 fully saturated rings. The van der Waals surface area contributed by atoms with Crippen molar-refractivity contribution in [1.82, 2.24) is 0 Å². The summed E-state index contributed by atoms with van der Waals surface area (Å²) in [5, 5.41) is 11.9. The van der Waals surface area contributed by atoms with Crippen molar-refractivity contribution in [3.8, 4) is 5.75 Å². The molecule has 0 N–H and O–H groups in total. The van der Waals surface area contributed by atoms with Gasteiger partial charge in [0.2, 0.25) is 0 Å². The van der Waals surface area contributed by atoms with Crippen molar-refractivity contribution in [2.45, 2.75) is 0 Å². The normalized spacial score (nSPS) is 10.5. The van der Waals surface area contributed by atoms with E-state index in [1.807, 2.05) is 59.5 Å². The van der Waals surface area contributed by atoms with Crippen LogP contribution in [0.15, 0.2) is 75.7 Å². The predicted octanol–water partition coefficient (Wildman–Crippen LogP) is 2.11. The SMILES string of the molecule is COCCOCCOCCOc1ccc(N(c2ccc(Br)cc2)c2ccc(Br)cc2)cc1C(=O)[O-].[Cs+]. The maximum Gasteiger partial charge on any atom is 1.00 e. The molecule has 0 atom stereocenters. The zero-order chi connectivity index (χ0) is 25.0. The van der Waals surface area contributed by atoms with Crippen LogP contribution in [0.25, 0.3) is 0 Å². The van der Waals surface area contributed by atoms with Crippen molar-refractivity contribution in [3.63, 3.8) is 0 Å². The zero-order valence-corrected chi connectivity index (χ0v) is 29.7. The second-order valence-corrected chi connectivity index (χ2v) is 9.15. The number of hydrogen-bond donors (Lipinski definition) is 0. The van der Waals surface area contributed by atoms with E-state index in [2.05, 4.69) is 31.9 Å². The summed E-state index contributed by atoms with van der Waals surface area (Å²) >= 11 is 6.92. The molecule has 0 radical (unpaired) electrons. The van der Waals surface area contributed by atoms with Gasteiger partial charge >= 0.3 is 68.9 Å². The fourth-order valence-electron chi connectivity index (χ4n) is 3.24. The van der Waals surface area contributed by atoms with Gasteiger partial charge in [0.15, 0.2) is 0 Å². The van der Waals surface area contributed by atoms with Crippen LogP contribution in [0, 0.1) is 0 Å². The van der Waals surface area contributed by atoms with Gasteiger partial charge in [-0.1, -0.05) is 31.9 Å². The van der Waals surface area contributed by atoms with Crippen LogP contribution >= 0.6 is 31.9 Å². The van der Waals surface area contributed by atoms with Crippen molar-refractivity contribution in [3.05, 3.63) is 81.2 Å². The third-order valence-corrected chi connectivity index (χ3v) is 5.96. The Bertz CT molecular complexity index is 1040. The van der Waals surface area contributed by atoms with Crippen LogP contribution in [-0.4, -0.2) is 52.7 Å². The second-order valence-electron chi connectivity index (χ2n) is 7.32. The topological polar surface area (TPSA) is 80.3 Å². The smallest absolute Gasteiger partial charge is 0.545 e. The molecule has 0 unspecified atom stereocenters. The Kier molecular flexibility index (Phi) is 15.3. The molecule has 0 aliphatic carbocycles. The van der Waals surface area contributed by atoms with E-state index in [9.17, 15) is 9.90 Å². The van der Waals surface area contributed by atoms with E-state index in [-0.39, 0.29) is 86.8 Å². The Balaban J connectivity index is 0.00000456. The number of hydrogen-bond acceptors (Lipinski definition) is 7. The van der Waals surface area contributed by atoms with E-state index < -0.39 is 5.97 Å². The molecule has 3 rings (SSSR count). The van der Waals surface area contributed by atoms with Crippen LogP contribution in [0.4, 0.5) is 17.1 Å². The first-order valence-electron chi connectivity index (χ1n) is 10.9. The first-order chi connectivity index (χ1) is 17.0. The third-order valence-electron chi connectivity index (χ3n) is 4.90. The number of ether oxygens (including phenoxy) is 4. The summed E-state index contributed by atoms with van der Waals surface area (Å²) in [6.07, 6.45) is 0. The number of rotatable bonds is 14. The van der Waals surface area contributed by atoms with Gasteiger partial charge in [-0.05, 0) is 66.7 Å². The Labute approximate surface area is 287 Å². The fraction of sp³-hybridized carbons (Fsp3) is 0.269. The molecular weight excluding hydrogens is 715 g/mol. The molecular formula is C26H26Br2CsNO6. The summed E-state index contributed by atoms with van der Waals surface area (Å²) in [6, 6.07) is 20.5. The molecule has 0 spiro atoms. The molecule has 7 nitrogen and oxygen atoms in total. The Morgan fingerprint density at radius 1 is 0.750 bits per heavy atom. The van der Waals surface area contributed by atoms with Crippen molar-refractivity contribution in [1.29, 1.82) is 0 Å². The molecule has 10 heteroatoms. The maximum absolute atomic E-state index is 11.9. The van der Waals surface area contributed by atoms with Crippen molar-refractivity contribution < 1.29 is 97.7 Å². The molecule has 36 heavy (non-hydrogen) atoms. The van der Waals surface area contributed by atoms with Crippen LogP contribution in [-0.2, 0) is 14.2 Å². The van der Waals surface area contributed by atoms with E-state index in [4.69, 9.17) is 18.9 Å². The summed E-state index contributed by atoms with van der Waals surface area (Å²) in [7, 11) is 1.61. The number of methoxy groups -OCH3 is 1. The van der Waals surface area contributed by atoms with Gasteiger partial charge < -0.3 is 33.7 Å². The second kappa shape index (κ2) is 17.3. The Hall–Kier alpha value is -0.378. The van der Waals surface area contributed by atoms with Crippen molar-refractivity contribution >= 4 is 54.9 Å². The minimum absolute atomic E-state index is 0. The molecule has 0 saturated heterocycles. The average Bonchev–Trinajstić information content (AvgIpc) is 2.86. The number of nitrogens with zero attached hydrogens (tertiary/aromatic N) is 1. The van der Waals surface area contributed by atoms with E-state index >= 15 is 0 Å². The molecule has 0 heterocycles. The van der Waals surface area contributed by atoms with Gasteiger partial charge in [0, 0.05) is 38.7 Å². The standard InChI is InChI=1S/C26H27Br2NO6.Cs/c1-32-12-13-33-14-15-34-16-17-35-25-11-10-23(18-24(25)26(30)31)29(21-6-2-19(27)3-7-21)22-8-4-20(28)5-9-22;/h2-11,18H,12-17H2,1H3,(H,30,31);/q;+1/p-1. The third kappa shape index (κ3) is 10.1. The molecule has 0 amide bonds. The number of carboxylic acid groups (broad SMARTS) is 1. The maximum atomic E-state index is 11.9. The summed E-state index contributed by atoms with van der Waals surface area (Å²) in [5.41, 5.74) is 2.36. The van der Waals surface area contributed by atoms with E-state index in [1.54, 1.807) is 19.2 Å². The largest absolute Gasteiger partial charge is 1.00 e. The van der Waals surface area contributed by atoms with E-state index in [0.717, 1.165) is 20.3 Å². The number of benzene rings is 3. The summed E-state index contributed by atoms with van der Waals surface area (Å²) in [5.74, 6) is -1.10. The quantitative estimate of drug-likeness (QED) is 0.235. The molecule has 0 aromatic heterocycles. The van der Waals surface area contributed by atoms with Crippen LogP contribution in [0.3, 0.4) is 0 Å². The van der Waals surface area contributed by atoms with Gasteiger partial charge in [-0.25, -0.2) is 0 Å². The summed E-state index contributed by atoms with van der Waals surface area (Å²) < 4.78 is 23.3. The molecule has 3 aromatic carbocycles. The Morgan fingerprint density at radius 3 is 1.72 bits per heavy atom. The summed E-state index contributed by atoms with van der Waals surface area (Å²) in [6.45, 7) is 2.40. The number of carbonyl (C=O) groups is 1. The van der Waals surface area contributed by atoms with Crippen LogP contribution in [0.5, 0.6) is 5.75 Å². The average molecular weight is 741 g/mol. The van der Waals surface area contributed by atoms with Crippen LogP contribution in [0.2, 0.25) is 0 Å². The van der Waals surface area contributed by atoms with Gasteiger partial charge in [-0.15, -0.1) is 0 Å². The molecule has 0 saturated carbocycles. The van der Waals surface area contributed by atoms with Gasteiger partial charge in [-0.3, -0.25) is 0 Å². The minimum atomic E-state index is -1.32. The van der Waals surface area contributed by atoms with Gasteiger partial charge in [0.1, 0.15) is 12.4 Å². The molecule has 0 aliphatic rings. The molecule has 186 valence electrons. The monoisotopic (exact) mass is 739 g/mol. The number of anilines is 3. The van der Waals surface area contributed by atoms with Gasteiger partial charge in [0.05, 0.1) is 39.0 Å². The van der Waals surface area contributed by atoms with Crippen LogP contribution in [0.1, 0.15) is 10.4 Å².